The molecular formula is C24H26N2O4S2. The summed E-state index contributed by atoms with van der Waals surface area (Å²) in [5.74, 6) is 1.22. The van der Waals surface area contributed by atoms with Gasteiger partial charge in [0.15, 0.2) is 0 Å². The highest BCUT2D eigenvalue weighted by Crippen LogP contribution is 2.21. The molecule has 3 aromatic rings. The van der Waals surface area contributed by atoms with Crippen molar-refractivity contribution in [1.82, 2.24) is 5.32 Å². The van der Waals surface area contributed by atoms with Crippen molar-refractivity contribution >= 4 is 33.4 Å². The maximum Gasteiger partial charge on any atom is 0.261 e. The van der Waals surface area contributed by atoms with Crippen LogP contribution in [0.2, 0.25) is 0 Å². The number of ether oxygens (including phenoxy) is 1. The van der Waals surface area contributed by atoms with Crippen molar-refractivity contribution in [3.05, 3.63) is 83.9 Å². The summed E-state index contributed by atoms with van der Waals surface area (Å²) in [7, 11) is -2.30. The summed E-state index contributed by atoms with van der Waals surface area (Å²) in [6.45, 7) is 2.30. The molecule has 0 aromatic heterocycles. The first-order valence-electron chi connectivity index (χ1n) is 10.1. The van der Waals surface area contributed by atoms with E-state index in [1.165, 1.54) is 17.0 Å². The maximum atomic E-state index is 12.8. The molecule has 0 bridgehead atoms. The van der Waals surface area contributed by atoms with Gasteiger partial charge in [-0.2, -0.15) is 0 Å². The predicted molar refractivity (Wildman–Crippen MR) is 129 cm³/mol. The molecule has 0 aliphatic carbocycles. The van der Waals surface area contributed by atoms with Crippen molar-refractivity contribution in [2.24, 2.45) is 0 Å². The fourth-order valence-electron chi connectivity index (χ4n) is 2.96. The van der Waals surface area contributed by atoms with Gasteiger partial charge in [-0.15, -0.1) is 11.8 Å². The van der Waals surface area contributed by atoms with Gasteiger partial charge in [0.2, 0.25) is 0 Å². The third-order valence-corrected chi connectivity index (χ3v) is 7.20. The average molecular weight is 471 g/mol. The van der Waals surface area contributed by atoms with Gasteiger partial charge in [-0.3, -0.25) is 9.52 Å². The molecular weight excluding hydrogens is 444 g/mol. The van der Waals surface area contributed by atoms with Crippen molar-refractivity contribution in [1.29, 1.82) is 0 Å². The molecule has 0 unspecified atom stereocenters. The highest BCUT2D eigenvalue weighted by molar-refractivity contribution is 7.99. The first kappa shape index (κ1) is 23.7. The zero-order chi connectivity index (χ0) is 23.0. The Hall–Kier alpha value is -2.97. The molecule has 0 saturated heterocycles. The normalized spacial score (nSPS) is 11.1. The molecule has 8 heteroatoms. The summed E-state index contributed by atoms with van der Waals surface area (Å²) >= 11 is 1.73. The quantitative estimate of drug-likeness (QED) is 0.331. The highest BCUT2D eigenvalue weighted by Gasteiger charge is 2.18. The summed E-state index contributed by atoms with van der Waals surface area (Å²) in [6.07, 6.45) is 0.807. The van der Waals surface area contributed by atoms with E-state index in [2.05, 4.69) is 22.2 Å². The molecule has 6 nitrogen and oxygen atoms in total. The van der Waals surface area contributed by atoms with E-state index in [1.807, 2.05) is 18.2 Å². The number of sulfonamides is 1. The lowest BCUT2D eigenvalue weighted by atomic mass is 10.1. The smallest absolute Gasteiger partial charge is 0.261 e. The Labute approximate surface area is 193 Å². The van der Waals surface area contributed by atoms with Gasteiger partial charge in [0, 0.05) is 22.7 Å². The van der Waals surface area contributed by atoms with Crippen molar-refractivity contribution < 1.29 is 17.9 Å². The maximum absolute atomic E-state index is 12.8. The number of carbonyl (C=O) groups is 1. The molecule has 0 atom stereocenters. The molecule has 0 saturated carbocycles. The van der Waals surface area contributed by atoms with Gasteiger partial charge in [0.05, 0.1) is 12.0 Å². The van der Waals surface area contributed by atoms with E-state index in [0.29, 0.717) is 29.1 Å². The van der Waals surface area contributed by atoms with Crippen LogP contribution in [-0.2, 0) is 10.0 Å². The van der Waals surface area contributed by atoms with Crippen LogP contribution in [0, 0.1) is 6.92 Å². The van der Waals surface area contributed by atoms with Crippen LogP contribution in [0.3, 0.4) is 0 Å². The largest absolute Gasteiger partial charge is 0.497 e. The topological polar surface area (TPSA) is 84.5 Å². The van der Waals surface area contributed by atoms with Crippen LogP contribution in [0.25, 0.3) is 0 Å². The number of hydrogen-bond donors (Lipinski definition) is 2. The summed E-state index contributed by atoms with van der Waals surface area (Å²) in [4.78, 5) is 13.9. The Kier molecular flexibility index (Phi) is 8.19. The van der Waals surface area contributed by atoms with Crippen LogP contribution in [0.15, 0.2) is 82.6 Å². The molecule has 3 rings (SSSR count). The van der Waals surface area contributed by atoms with Crippen LogP contribution in [0.4, 0.5) is 5.69 Å². The van der Waals surface area contributed by atoms with Crippen molar-refractivity contribution in [2.45, 2.75) is 23.1 Å². The Morgan fingerprint density at radius 1 is 1.00 bits per heavy atom. The number of carbonyl (C=O) groups excluding carboxylic acids is 1. The first-order chi connectivity index (χ1) is 15.4. The SMILES string of the molecule is COc1ccc(NS(=O)(=O)c2ccc(C)c(C(=O)NCCCSc3ccccc3)c2)cc1. The molecule has 0 aliphatic heterocycles. The van der Waals surface area contributed by atoms with E-state index in [9.17, 15) is 13.2 Å². The number of nitrogens with one attached hydrogen (secondary N) is 2. The number of methoxy groups -OCH3 is 1. The molecule has 1 amide bonds. The molecule has 0 aliphatic rings. The number of rotatable bonds is 10. The number of aryl methyl sites for hydroxylation is 1. The van der Waals surface area contributed by atoms with E-state index in [1.54, 1.807) is 56.1 Å². The fourth-order valence-corrected chi connectivity index (χ4v) is 4.92. The van der Waals surface area contributed by atoms with Crippen LogP contribution >= 0.6 is 11.8 Å². The van der Waals surface area contributed by atoms with Gasteiger partial charge in [0.25, 0.3) is 15.9 Å². The van der Waals surface area contributed by atoms with Gasteiger partial charge in [-0.05, 0) is 73.2 Å². The molecule has 0 spiro atoms. The lowest BCUT2D eigenvalue weighted by Crippen LogP contribution is -2.26. The minimum Gasteiger partial charge on any atom is -0.497 e. The van der Waals surface area contributed by atoms with Crippen LogP contribution in [-0.4, -0.2) is 33.7 Å². The summed E-state index contributed by atoms with van der Waals surface area (Å²) < 4.78 is 33.2. The van der Waals surface area contributed by atoms with E-state index >= 15 is 0 Å². The Balaban J connectivity index is 1.60. The monoisotopic (exact) mass is 470 g/mol. The Morgan fingerprint density at radius 2 is 1.72 bits per heavy atom. The second-order valence-electron chi connectivity index (χ2n) is 7.08. The zero-order valence-electron chi connectivity index (χ0n) is 18.0. The molecule has 0 fully saturated rings. The van der Waals surface area contributed by atoms with Gasteiger partial charge in [-0.1, -0.05) is 24.3 Å². The minimum atomic E-state index is -3.84. The lowest BCUT2D eigenvalue weighted by molar-refractivity contribution is 0.0953. The van der Waals surface area contributed by atoms with E-state index in [0.717, 1.165) is 12.2 Å². The average Bonchev–Trinajstić information content (AvgIpc) is 2.80. The third-order valence-electron chi connectivity index (χ3n) is 4.72. The Morgan fingerprint density at radius 3 is 2.41 bits per heavy atom. The first-order valence-corrected chi connectivity index (χ1v) is 12.6. The van der Waals surface area contributed by atoms with Gasteiger partial charge >= 0.3 is 0 Å². The second kappa shape index (κ2) is 11.1. The lowest BCUT2D eigenvalue weighted by Gasteiger charge is -2.12. The zero-order valence-corrected chi connectivity index (χ0v) is 19.6. The molecule has 0 heterocycles. The van der Waals surface area contributed by atoms with E-state index < -0.39 is 10.0 Å². The number of benzene rings is 3. The fraction of sp³-hybridized carbons (Fsp3) is 0.208. The summed E-state index contributed by atoms with van der Waals surface area (Å²) in [5.41, 5.74) is 1.47. The third kappa shape index (κ3) is 6.51. The number of amides is 1. The molecule has 2 N–H and O–H groups in total. The Bertz CT molecular complexity index is 1150. The van der Waals surface area contributed by atoms with E-state index in [-0.39, 0.29) is 10.8 Å². The highest BCUT2D eigenvalue weighted by atomic mass is 32.2. The molecule has 168 valence electrons. The summed E-state index contributed by atoms with van der Waals surface area (Å²) in [5, 5.41) is 2.89. The molecule has 3 aromatic carbocycles. The molecule has 32 heavy (non-hydrogen) atoms. The summed E-state index contributed by atoms with van der Waals surface area (Å²) in [6, 6.07) is 21.2. The van der Waals surface area contributed by atoms with Crippen LogP contribution in [0.1, 0.15) is 22.3 Å². The van der Waals surface area contributed by atoms with Gasteiger partial charge < -0.3 is 10.1 Å². The van der Waals surface area contributed by atoms with Crippen molar-refractivity contribution in [3.8, 4) is 5.75 Å². The van der Waals surface area contributed by atoms with Gasteiger partial charge in [0.1, 0.15) is 5.75 Å². The number of hydrogen-bond acceptors (Lipinski definition) is 5. The molecule has 0 radical (unpaired) electrons. The van der Waals surface area contributed by atoms with Crippen LogP contribution in [0.5, 0.6) is 5.75 Å². The number of anilines is 1. The minimum absolute atomic E-state index is 0.0312. The number of thioether (sulfide) groups is 1. The van der Waals surface area contributed by atoms with Crippen molar-refractivity contribution in [3.63, 3.8) is 0 Å². The van der Waals surface area contributed by atoms with Gasteiger partial charge in [-0.25, -0.2) is 8.42 Å². The second-order valence-corrected chi connectivity index (χ2v) is 9.93. The predicted octanol–water partition coefficient (Wildman–Crippen LogP) is 4.72. The van der Waals surface area contributed by atoms with E-state index in [4.69, 9.17) is 4.74 Å². The van der Waals surface area contributed by atoms with Crippen LogP contribution < -0.4 is 14.8 Å². The standard InChI is InChI=1S/C24H26N2O4S2/c1-18-9-14-22(32(28,29)26-19-10-12-20(30-2)13-11-19)17-23(18)24(27)25-15-6-16-31-21-7-4-3-5-8-21/h3-5,7-14,17,26H,6,15-16H2,1-2H3,(H,25,27). The van der Waals surface area contributed by atoms with Crippen molar-refractivity contribution in [2.75, 3.05) is 24.1 Å².